The first-order chi connectivity index (χ1) is 15.6. The molecule has 0 aromatic heterocycles. The number of fused-ring (bicyclic) bond motifs is 1. The van der Waals surface area contributed by atoms with Crippen molar-refractivity contribution in [3.63, 3.8) is 0 Å². The summed E-state index contributed by atoms with van der Waals surface area (Å²) in [5.41, 5.74) is -0.713. The van der Waals surface area contributed by atoms with Crippen LogP contribution in [0.1, 0.15) is 31.9 Å². The first-order valence-corrected chi connectivity index (χ1v) is 11.3. The molecule has 2 saturated heterocycles. The zero-order valence-corrected chi connectivity index (χ0v) is 19.9. The molecule has 2 N–H and O–H groups in total. The summed E-state index contributed by atoms with van der Waals surface area (Å²) in [5, 5.41) is 14.0. The van der Waals surface area contributed by atoms with Crippen LogP contribution in [-0.4, -0.2) is 35.5 Å². The first kappa shape index (κ1) is 23.5. The Kier molecular flexibility index (Phi) is 6.16. The Morgan fingerprint density at radius 3 is 2.36 bits per heavy atom. The molecule has 33 heavy (non-hydrogen) atoms. The zero-order chi connectivity index (χ0) is 24.1. The van der Waals surface area contributed by atoms with Crippen LogP contribution >= 0.6 is 23.2 Å². The van der Waals surface area contributed by atoms with Gasteiger partial charge in [0.05, 0.1) is 29.7 Å². The molecule has 4 rings (SSSR count). The summed E-state index contributed by atoms with van der Waals surface area (Å²) in [5.74, 6) is -3.65. The normalized spacial score (nSPS) is 26.7. The number of benzene rings is 2. The van der Waals surface area contributed by atoms with Gasteiger partial charge in [-0.3, -0.25) is 19.7 Å². The smallest absolute Gasteiger partial charge is 0.324 e. The number of hydrogen-bond donors (Lipinski definition) is 2. The van der Waals surface area contributed by atoms with Crippen molar-refractivity contribution >= 4 is 46.7 Å². The minimum atomic E-state index is -1.61. The van der Waals surface area contributed by atoms with Crippen molar-refractivity contribution in [2.75, 3.05) is 12.0 Å². The van der Waals surface area contributed by atoms with Crippen molar-refractivity contribution < 1.29 is 24.2 Å². The number of carbonyl (C=O) groups excluding carboxylic acids is 2. The summed E-state index contributed by atoms with van der Waals surface area (Å²) in [4.78, 5) is 41.1. The number of nitrogens with one attached hydrogen (secondary N) is 1. The topological polar surface area (TPSA) is 95.9 Å². The van der Waals surface area contributed by atoms with E-state index in [1.54, 1.807) is 31.4 Å². The average Bonchev–Trinajstić information content (AvgIpc) is 3.23. The number of methoxy groups -OCH3 is 1. The maximum absolute atomic E-state index is 13.7. The number of aliphatic carboxylic acids is 1. The summed E-state index contributed by atoms with van der Waals surface area (Å²) in [6.45, 7) is 3.77. The summed E-state index contributed by atoms with van der Waals surface area (Å²) in [7, 11) is 1.55. The maximum atomic E-state index is 13.7. The number of carboxylic acids is 1. The van der Waals surface area contributed by atoms with Gasteiger partial charge < -0.3 is 9.84 Å². The van der Waals surface area contributed by atoms with Gasteiger partial charge in [0.2, 0.25) is 11.8 Å². The molecule has 0 saturated carbocycles. The number of imide groups is 1. The molecule has 2 aromatic carbocycles. The SMILES string of the molecule is COc1ccc(C2NC(CC(C)C)(C(=O)O)C3C(=O)N(c4ccc(Cl)cc4Cl)C(=O)C23)cc1. The van der Waals surface area contributed by atoms with Crippen LogP contribution in [-0.2, 0) is 14.4 Å². The van der Waals surface area contributed by atoms with E-state index in [1.165, 1.54) is 18.2 Å². The predicted molar refractivity (Wildman–Crippen MR) is 125 cm³/mol. The van der Waals surface area contributed by atoms with Gasteiger partial charge in [-0.15, -0.1) is 0 Å². The fourth-order valence-electron chi connectivity index (χ4n) is 5.12. The van der Waals surface area contributed by atoms with Gasteiger partial charge in [0.25, 0.3) is 0 Å². The molecular weight excluding hydrogens is 467 g/mol. The molecule has 0 bridgehead atoms. The average molecular weight is 491 g/mol. The third-order valence-corrected chi connectivity index (χ3v) is 6.93. The van der Waals surface area contributed by atoms with Crippen LogP contribution in [0.3, 0.4) is 0 Å². The number of ether oxygens (including phenoxy) is 1. The Morgan fingerprint density at radius 1 is 1.15 bits per heavy atom. The molecule has 4 atom stereocenters. The molecule has 0 radical (unpaired) electrons. The van der Waals surface area contributed by atoms with Crippen LogP contribution in [0.4, 0.5) is 5.69 Å². The summed E-state index contributed by atoms with van der Waals surface area (Å²) < 4.78 is 5.22. The highest BCUT2D eigenvalue weighted by atomic mass is 35.5. The Balaban J connectivity index is 1.86. The fraction of sp³-hybridized carbons (Fsp3) is 0.375. The second-order valence-corrected chi connectivity index (χ2v) is 9.72. The number of halogens is 2. The molecule has 9 heteroatoms. The highest BCUT2D eigenvalue weighted by Crippen LogP contribution is 2.52. The van der Waals surface area contributed by atoms with Gasteiger partial charge in [-0.25, -0.2) is 4.90 Å². The van der Waals surface area contributed by atoms with E-state index in [4.69, 9.17) is 27.9 Å². The van der Waals surface area contributed by atoms with Crippen LogP contribution in [0.15, 0.2) is 42.5 Å². The molecule has 2 amide bonds. The van der Waals surface area contributed by atoms with Crippen LogP contribution in [0, 0.1) is 17.8 Å². The lowest BCUT2D eigenvalue weighted by Gasteiger charge is -2.32. The Labute approximate surface area is 201 Å². The second-order valence-electron chi connectivity index (χ2n) is 8.88. The van der Waals surface area contributed by atoms with Crippen molar-refractivity contribution in [3.8, 4) is 5.75 Å². The van der Waals surface area contributed by atoms with E-state index in [0.717, 1.165) is 4.90 Å². The molecule has 7 nitrogen and oxygen atoms in total. The number of nitrogens with zero attached hydrogens (tertiary/aromatic N) is 1. The lowest BCUT2D eigenvalue weighted by molar-refractivity contribution is -0.149. The molecule has 2 aliphatic rings. The van der Waals surface area contributed by atoms with Crippen molar-refractivity contribution in [2.24, 2.45) is 17.8 Å². The molecule has 2 heterocycles. The maximum Gasteiger partial charge on any atom is 0.324 e. The Bertz CT molecular complexity index is 1120. The monoisotopic (exact) mass is 490 g/mol. The molecular formula is C24H24Cl2N2O5. The van der Waals surface area contributed by atoms with Gasteiger partial charge in [0, 0.05) is 11.1 Å². The fourth-order valence-corrected chi connectivity index (χ4v) is 5.61. The molecule has 2 aliphatic heterocycles. The largest absolute Gasteiger partial charge is 0.497 e. The van der Waals surface area contributed by atoms with Gasteiger partial charge in [0.15, 0.2) is 0 Å². The summed E-state index contributed by atoms with van der Waals surface area (Å²) >= 11 is 12.3. The lowest BCUT2D eigenvalue weighted by atomic mass is 9.75. The lowest BCUT2D eigenvalue weighted by Crippen LogP contribution is -2.56. The summed E-state index contributed by atoms with van der Waals surface area (Å²) in [6.07, 6.45) is 0.178. The van der Waals surface area contributed by atoms with E-state index in [0.29, 0.717) is 16.3 Å². The number of carboxylic acid groups (broad SMARTS) is 1. The molecule has 2 fully saturated rings. The van der Waals surface area contributed by atoms with Crippen LogP contribution in [0.5, 0.6) is 5.75 Å². The molecule has 0 spiro atoms. The quantitative estimate of drug-likeness (QED) is 0.585. The van der Waals surface area contributed by atoms with E-state index in [1.807, 2.05) is 13.8 Å². The van der Waals surface area contributed by atoms with Crippen LogP contribution < -0.4 is 15.0 Å². The van der Waals surface area contributed by atoms with Gasteiger partial charge in [-0.2, -0.15) is 0 Å². The van der Waals surface area contributed by atoms with E-state index in [-0.39, 0.29) is 23.0 Å². The number of hydrogen-bond acceptors (Lipinski definition) is 5. The standard InChI is InChI=1S/C24H24Cl2N2O5/c1-12(2)11-24(23(31)32)19-18(20(27-24)13-4-7-15(33-3)8-5-13)21(29)28(22(19)30)17-9-6-14(25)10-16(17)26/h4-10,12,18-20,27H,11H2,1-3H3,(H,31,32). The van der Waals surface area contributed by atoms with E-state index in [9.17, 15) is 19.5 Å². The van der Waals surface area contributed by atoms with Gasteiger partial charge in [0.1, 0.15) is 11.3 Å². The minimum absolute atomic E-state index is 0.0417. The molecule has 0 aliphatic carbocycles. The molecule has 2 aromatic rings. The molecule has 4 unspecified atom stereocenters. The van der Waals surface area contributed by atoms with Crippen molar-refractivity contribution in [2.45, 2.75) is 31.8 Å². The zero-order valence-electron chi connectivity index (χ0n) is 18.3. The molecule has 174 valence electrons. The van der Waals surface area contributed by atoms with Crippen molar-refractivity contribution in [1.29, 1.82) is 0 Å². The van der Waals surface area contributed by atoms with Gasteiger partial charge in [-0.1, -0.05) is 49.2 Å². The highest BCUT2D eigenvalue weighted by molar-refractivity contribution is 6.38. The van der Waals surface area contributed by atoms with E-state index >= 15 is 0 Å². The first-order valence-electron chi connectivity index (χ1n) is 10.6. The van der Waals surface area contributed by atoms with Crippen molar-refractivity contribution in [1.82, 2.24) is 5.32 Å². The van der Waals surface area contributed by atoms with Crippen LogP contribution in [0.25, 0.3) is 0 Å². The minimum Gasteiger partial charge on any atom is -0.497 e. The van der Waals surface area contributed by atoms with E-state index < -0.39 is 41.2 Å². The third kappa shape index (κ3) is 3.78. The Hall–Kier alpha value is -2.61. The number of anilines is 1. The van der Waals surface area contributed by atoms with E-state index in [2.05, 4.69) is 5.32 Å². The number of rotatable bonds is 6. The second kappa shape index (κ2) is 8.63. The predicted octanol–water partition coefficient (Wildman–Crippen LogP) is 4.32. The van der Waals surface area contributed by atoms with Crippen molar-refractivity contribution in [3.05, 3.63) is 58.1 Å². The third-order valence-electron chi connectivity index (χ3n) is 6.39. The number of amides is 2. The van der Waals surface area contributed by atoms with Gasteiger partial charge in [-0.05, 0) is 48.2 Å². The summed E-state index contributed by atoms with van der Waals surface area (Å²) in [6, 6.07) is 10.8. The number of carbonyl (C=O) groups is 3. The van der Waals surface area contributed by atoms with Gasteiger partial charge >= 0.3 is 5.97 Å². The van der Waals surface area contributed by atoms with Crippen LogP contribution in [0.2, 0.25) is 10.0 Å². The Morgan fingerprint density at radius 2 is 1.82 bits per heavy atom. The highest BCUT2D eigenvalue weighted by Gasteiger charge is 2.68.